The molecule has 4 heteroatoms. The third-order valence-electron chi connectivity index (χ3n) is 1.92. The molecule has 1 fully saturated rings. The van der Waals surface area contributed by atoms with Crippen LogP contribution >= 0.6 is 0 Å². The Labute approximate surface area is 66.7 Å². The molecule has 1 rings (SSSR count). The van der Waals surface area contributed by atoms with E-state index in [0.717, 1.165) is 25.9 Å². The van der Waals surface area contributed by atoms with E-state index in [4.69, 9.17) is 4.84 Å². The highest BCUT2D eigenvalue weighted by Crippen LogP contribution is 2.09. The molecule has 4 nitrogen and oxygen atoms in total. The van der Waals surface area contributed by atoms with E-state index < -0.39 is 0 Å². The van der Waals surface area contributed by atoms with E-state index in [1.807, 2.05) is 0 Å². The van der Waals surface area contributed by atoms with Gasteiger partial charge >= 0.3 is 6.03 Å². The summed E-state index contributed by atoms with van der Waals surface area (Å²) in [5, 5.41) is 1.26. The van der Waals surface area contributed by atoms with Crippen LogP contribution < -0.4 is 0 Å². The first-order chi connectivity index (χ1) is 5.25. The number of hydroxylamine groups is 2. The largest absolute Gasteiger partial charge is 0.343 e. The molecule has 11 heavy (non-hydrogen) atoms. The van der Waals surface area contributed by atoms with E-state index in [1.54, 1.807) is 11.9 Å². The van der Waals surface area contributed by atoms with E-state index >= 15 is 0 Å². The lowest BCUT2D eigenvalue weighted by molar-refractivity contribution is -0.0744. The van der Waals surface area contributed by atoms with Crippen molar-refractivity contribution in [3.8, 4) is 0 Å². The number of urea groups is 1. The van der Waals surface area contributed by atoms with Crippen molar-refractivity contribution in [2.24, 2.45) is 0 Å². The summed E-state index contributed by atoms with van der Waals surface area (Å²) in [6, 6.07) is -0.0370. The highest BCUT2D eigenvalue weighted by atomic mass is 16.7. The minimum absolute atomic E-state index is 0.0370. The molecular formula is C7H14N2O2. The third kappa shape index (κ3) is 1.83. The standard InChI is InChI=1S/C7H14N2O2/c1-8(11-2)7(10)9-5-3-4-6-9/h3-6H2,1-2H3. The fourth-order valence-corrected chi connectivity index (χ4v) is 1.19. The number of nitrogens with zero attached hydrogens (tertiary/aromatic N) is 2. The molecule has 0 aliphatic carbocycles. The minimum Gasteiger partial charge on any atom is -0.323 e. The Morgan fingerprint density at radius 3 is 2.45 bits per heavy atom. The second-order valence-electron chi connectivity index (χ2n) is 2.66. The molecule has 0 radical (unpaired) electrons. The Morgan fingerprint density at radius 2 is 2.00 bits per heavy atom. The molecule has 0 spiro atoms. The lowest BCUT2D eigenvalue weighted by Gasteiger charge is -2.21. The van der Waals surface area contributed by atoms with Crippen LogP contribution in [0.5, 0.6) is 0 Å². The van der Waals surface area contributed by atoms with Crippen molar-refractivity contribution in [1.29, 1.82) is 0 Å². The molecule has 2 amide bonds. The van der Waals surface area contributed by atoms with Gasteiger partial charge in [-0.15, -0.1) is 0 Å². The molecular weight excluding hydrogens is 144 g/mol. The van der Waals surface area contributed by atoms with Crippen LogP contribution in [0.1, 0.15) is 12.8 Å². The van der Waals surface area contributed by atoms with Crippen molar-refractivity contribution in [3.63, 3.8) is 0 Å². The van der Waals surface area contributed by atoms with Crippen molar-refractivity contribution < 1.29 is 9.63 Å². The summed E-state index contributed by atoms with van der Waals surface area (Å²) in [6.07, 6.45) is 2.23. The van der Waals surface area contributed by atoms with Crippen molar-refractivity contribution >= 4 is 6.03 Å². The number of amides is 2. The van der Waals surface area contributed by atoms with Gasteiger partial charge in [0.25, 0.3) is 0 Å². The van der Waals surface area contributed by atoms with Crippen LogP contribution in [0.15, 0.2) is 0 Å². The summed E-state index contributed by atoms with van der Waals surface area (Å²) in [5.41, 5.74) is 0. The van der Waals surface area contributed by atoms with E-state index in [2.05, 4.69) is 0 Å². The first kappa shape index (κ1) is 8.33. The maximum absolute atomic E-state index is 11.3. The van der Waals surface area contributed by atoms with Gasteiger partial charge in [0.1, 0.15) is 0 Å². The number of carbonyl (C=O) groups is 1. The van der Waals surface area contributed by atoms with Crippen molar-refractivity contribution in [2.45, 2.75) is 12.8 Å². The molecule has 0 atom stereocenters. The smallest absolute Gasteiger partial charge is 0.323 e. The lowest BCUT2D eigenvalue weighted by Crippen LogP contribution is -2.38. The van der Waals surface area contributed by atoms with Crippen molar-refractivity contribution in [2.75, 3.05) is 27.2 Å². The van der Waals surface area contributed by atoms with Gasteiger partial charge < -0.3 is 4.90 Å². The predicted molar refractivity (Wildman–Crippen MR) is 41.0 cm³/mol. The molecule has 1 heterocycles. The Hall–Kier alpha value is -0.770. The molecule has 0 aromatic rings. The molecule has 0 unspecified atom stereocenters. The zero-order valence-electron chi connectivity index (χ0n) is 7.04. The fourth-order valence-electron chi connectivity index (χ4n) is 1.19. The SMILES string of the molecule is CON(C)C(=O)N1CCCC1. The van der Waals surface area contributed by atoms with E-state index in [1.165, 1.54) is 12.2 Å². The Bertz CT molecular complexity index is 143. The van der Waals surface area contributed by atoms with Gasteiger partial charge in [-0.05, 0) is 12.8 Å². The van der Waals surface area contributed by atoms with Crippen LogP contribution in [-0.4, -0.2) is 43.2 Å². The highest BCUT2D eigenvalue weighted by Gasteiger charge is 2.20. The predicted octanol–water partition coefficient (Wildman–Crippen LogP) is 0.695. The van der Waals surface area contributed by atoms with Gasteiger partial charge in [-0.1, -0.05) is 0 Å². The number of carbonyl (C=O) groups excluding carboxylic acids is 1. The summed E-state index contributed by atoms with van der Waals surface area (Å²) in [6.45, 7) is 1.74. The molecule has 1 aliphatic heterocycles. The van der Waals surface area contributed by atoms with Gasteiger partial charge in [-0.2, -0.15) is 0 Å². The normalized spacial score (nSPS) is 17.1. The summed E-state index contributed by atoms with van der Waals surface area (Å²) in [4.78, 5) is 17.9. The summed E-state index contributed by atoms with van der Waals surface area (Å²) in [7, 11) is 3.12. The van der Waals surface area contributed by atoms with Crippen LogP contribution in [0.3, 0.4) is 0 Å². The molecule has 0 saturated carbocycles. The van der Waals surface area contributed by atoms with Gasteiger partial charge in [0.15, 0.2) is 0 Å². The van der Waals surface area contributed by atoms with Crippen LogP contribution in [0.25, 0.3) is 0 Å². The van der Waals surface area contributed by atoms with E-state index in [9.17, 15) is 4.79 Å². The van der Waals surface area contributed by atoms with Crippen LogP contribution in [0.2, 0.25) is 0 Å². The average molecular weight is 158 g/mol. The zero-order chi connectivity index (χ0) is 8.27. The Kier molecular flexibility index (Phi) is 2.70. The molecule has 1 saturated heterocycles. The molecule has 64 valence electrons. The van der Waals surface area contributed by atoms with Crippen molar-refractivity contribution in [3.05, 3.63) is 0 Å². The first-order valence-corrected chi connectivity index (χ1v) is 3.82. The maximum atomic E-state index is 11.3. The number of likely N-dealkylation sites (tertiary alicyclic amines) is 1. The molecule has 0 N–H and O–H groups in total. The monoisotopic (exact) mass is 158 g/mol. The summed E-state index contributed by atoms with van der Waals surface area (Å²) < 4.78 is 0. The minimum atomic E-state index is -0.0370. The average Bonchev–Trinajstić information content (AvgIpc) is 2.53. The second-order valence-corrected chi connectivity index (χ2v) is 2.66. The third-order valence-corrected chi connectivity index (χ3v) is 1.92. The van der Waals surface area contributed by atoms with Gasteiger partial charge in [-0.25, -0.2) is 9.86 Å². The molecule has 0 aromatic carbocycles. The van der Waals surface area contributed by atoms with Gasteiger partial charge in [0, 0.05) is 20.1 Å². The first-order valence-electron chi connectivity index (χ1n) is 3.82. The maximum Gasteiger partial charge on any atom is 0.343 e. The topological polar surface area (TPSA) is 32.8 Å². The van der Waals surface area contributed by atoms with Gasteiger partial charge in [0.2, 0.25) is 0 Å². The van der Waals surface area contributed by atoms with Crippen LogP contribution in [0, 0.1) is 0 Å². The Morgan fingerprint density at radius 1 is 1.45 bits per heavy atom. The lowest BCUT2D eigenvalue weighted by atomic mass is 10.4. The van der Waals surface area contributed by atoms with Gasteiger partial charge in [-0.3, -0.25) is 4.84 Å². The number of hydrogen-bond donors (Lipinski definition) is 0. The van der Waals surface area contributed by atoms with E-state index in [0.29, 0.717) is 0 Å². The van der Waals surface area contributed by atoms with Gasteiger partial charge in [0.05, 0.1) is 7.11 Å². The molecule has 0 aromatic heterocycles. The zero-order valence-corrected chi connectivity index (χ0v) is 7.04. The number of rotatable bonds is 1. The summed E-state index contributed by atoms with van der Waals surface area (Å²) in [5.74, 6) is 0. The summed E-state index contributed by atoms with van der Waals surface area (Å²) >= 11 is 0. The molecule has 1 aliphatic rings. The fraction of sp³-hybridized carbons (Fsp3) is 0.857. The van der Waals surface area contributed by atoms with Crippen LogP contribution in [0.4, 0.5) is 4.79 Å². The molecule has 0 bridgehead atoms. The van der Waals surface area contributed by atoms with Crippen LogP contribution in [-0.2, 0) is 4.84 Å². The van der Waals surface area contributed by atoms with E-state index in [-0.39, 0.29) is 6.03 Å². The van der Waals surface area contributed by atoms with Crippen molar-refractivity contribution in [1.82, 2.24) is 9.96 Å². The quantitative estimate of drug-likeness (QED) is 0.526. The highest BCUT2D eigenvalue weighted by molar-refractivity contribution is 5.73. The number of hydrogen-bond acceptors (Lipinski definition) is 2. The second kappa shape index (κ2) is 3.57. The Balaban J connectivity index is 2.39.